The first kappa shape index (κ1) is 12.6. The average molecular weight is 246 g/mol. The van der Waals surface area contributed by atoms with Crippen LogP contribution in [0.1, 0.15) is 30.1 Å². The van der Waals surface area contributed by atoms with Gasteiger partial charge in [-0.25, -0.2) is 0 Å². The summed E-state index contributed by atoms with van der Waals surface area (Å²) in [5.74, 6) is -0.0970. The molecule has 0 bridgehead atoms. The van der Waals surface area contributed by atoms with Crippen molar-refractivity contribution in [3.05, 3.63) is 36.1 Å². The van der Waals surface area contributed by atoms with Gasteiger partial charge in [-0.3, -0.25) is 4.79 Å². The number of nitrogens with one attached hydrogen (secondary N) is 1. The van der Waals surface area contributed by atoms with Gasteiger partial charge in [0.2, 0.25) is 0 Å². The third-order valence-corrected chi connectivity index (χ3v) is 3.07. The summed E-state index contributed by atoms with van der Waals surface area (Å²) in [5, 5.41) is 3.83. The Bertz CT molecular complexity index is 533. The van der Waals surface area contributed by atoms with E-state index < -0.39 is 0 Å². The Hall–Kier alpha value is -1.81. The molecular formula is C14H18N2O2. The molecular weight excluding hydrogens is 228 g/mol. The first-order valence-electron chi connectivity index (χ1n) is 6.23. The number of fused-ring (bicyclic) bond motifs is 1. The summed E-state index contributed by atoms with van der Waals surface area (Å²) in [6.07, 6.45) is 3.17. The van der Waals surface area contributed by atoms with Crippen molar-refractivity contribution in [2.45, 2.75) is 25.8 Å². The van der Waals surface area contributed by atoms with Gasteiger partial charge in [-0.1, -0.05) is 25.1 Å². The molecule has 2 aromatic rings. The lowest BCUT2D eigenvalue weighted by Crippen LogP contribution is -2.35. The standard InChI is InChI=1S/C14H18N2O2/c1-2-10(7-8-15)16-14(17)12-9-18-13-6-4-3-5-11(12)13/h3-6,9-10H,2,7-8,15H2,1H3,(H,16,17). The highest BCUT2D eigenvalue weighted by Gasteiger charge is 2.16. The van der Waals surface area contributed by atoms with Gasteiger partial charge in [0.05, 0.1) is 5.56 Å². The molecule has 0 aliphatic carbocycles. The minimum atomic E-state index is -0.0970. The van der Waals surface area contributed by atoms with Crippen molar-refractivity contribution in [3.63, 3.8) is 0 Å². The van der Waals surface area contributed by atoms with Crippen LogP contribution >= 0.6 is 0 Å². The van der Waals surface area contributed by atoms with Crippen LogP contribution in [0.5, 0.6) is 0 Å². The Morgan fingerprint density at radius 2 is 2.22 bits per heavy atom. The van der Waals surface area contributed by atoms with Crippen molar-refractivity contribution in [2.24, 2.45) is 5.73 Å². The molecule has 1 amide bonds. The molecule has 4 nitrogen and oxygen atoms in total. The van der Waals surface area contributed by atoms with Gasteiger partial charge in [-0.15, -0.1) is 0 Å². The van der Waals surface area contributed by atoms with Gasteiger partial charge in [0.15, 0.2) is 0 Å². The normalized spacial score (nSPS) is 12.6. The van der Waals surface area contributed by atoms with E-state index in [0.717, 1.165) is 23.8 Å². The van der Waals surface area contributed by atoms with Crippen LogP contribution in [0, 0.1) is 0 Å². The van der Waals surface area contributed by atoms with E-state index >= 15 is 0 Å². The molecule has 1 unspecified atom stereocenters. The van der Waals surface area contributed by atoms with Gasteiger partial charge in [-0.2, -0.15) is 0 Å². The van der Waals surface area contributed by atoms with Crippen molar-refractivity contribution < 1.29 is 9.21 Å². The molecule has 18 heavy (non-hydrogen) atoms. The molecule has 1 aromatic heterocycles. The SMILES string of the molecule is CCC(CCN)NC(=O)c1coc2ccccc12. The fraction of sp³-hybridized carbons (Fsp3) is 0.357. The predicted molar refractivity (Wildman–Crippen MR) is 71.4 cm³/mol. The van der Waals surface area contributed by atoms with E-state index in [9.17, 15) is 4.79 Å². The van der Waals surface area contributed by atoms with Crippen molar-refractivity contribution in [3.8, 4) is 0 Å². The molecule has 0 spiro atoms. The van der Waals surface area contributed by atoms with E-state index in [2.05, 4.69) is 5.32 Å². The number of benzene rings is 1. The number of nitrogens with two attached hydrogens (primary N) is 1. The number of carbonyl (C=O) groups is 1. The molecule has 0 aliphatic rings. The highest BCUT2D eigenvalue weighted by Crippen LogP contribution is 2.20. The van der Waals surface area contributed by atoms with E-state index in [1.54, 1.807) is 0 Å². The zero-order chi connectivity index (χ0) is 13.0. The average Bonchev–Trinajstić information content (AvgIpc) is 2.82. The number of para-hydroxylation sites is 1. The maximum atomic E-state index is 12.2. The zero-order valence-corrected chi connectivity index (χ0v) is 10.5. The Morgan fingerprint density at radius 1 is 1.44 bits per heavy atom. The van der Waals surface area contributed by atoms with Gasteiger partial charge in [-0.05, 0) is 25.5 Å². The lowest BCUT2D eigenvalue weighted by atomic mass is 10.1. The minimum absolute atomic E-state index is 0.0970. The van der Waals surface area contributed by atoms with Crippen LogP contribution in [0.2, 0.25) is 0 Å². The van der Waals surface area contributed by atoms with Crippen LogP contribution in [0.4, 0.5) is 0 Å². The van der Waals surface area contributed by atoms with E-state index in [4.69, 9.17) is 10.2 Å². The second-order valence-electron chi connectivity index (χ2n) is 4.30. The van der Waals surface area contributed by atoms with Crippen LogP contribution in [-0.2, 0) is 0 Å². The number of amides is 1. The molecule has 0 radical (unpaired) electrons. The van der Waals surface area contributed by atoms with Gasteiger partial charge in [0.1, 0.15) is 11.8 Å². The molecule has 0 saturated carbocycles. The largest absolute Gasteiger partial charge is 0.463 e. The third-order valence-electron chi connectivity index (χ3n) is 3.07. The van der Waals surface area contributed by atoms with E-state index in [0.29, 0.717) is 12.1 Å². The molecule has 0 fully saturated rings. The first-order valence-corrected chi connectivity index (χ1v) is 6.23. The molecule has 4 heteroatoms. The Kier molecular flexibility index (Phi) is 3.99. The van der Waals surface area contributed by atoms with Gasteiger partial charge in [0.25, 0.3) is 5.91 Å². The highest BCUT2D eigenvalue weighted by atomic mass is 16.3. The number of rotatable bonds is 5. The van der Waals surface area contributed by atoms with Crippen molar-refractivity contribution in [1.82, 2.24) is 5.32 Å². The highest BCUT2D eigenvalue weighted by molar-refractivity contribution is 6.05. The predicted octanol–water partition coefficient (Wildman–Crippen LogP) is 2.29. The Morgan fingerprint density at radius 3 is 2.94 bits per heavy atom. The monoisotopic (exact) mass is 246 g/mol. The fourth-order valence-electron chi connectivity index (χ4n) is 2.00. The molecule has 0 saturated heterocycles. The quantitative estimate of drug-likeness (QED) is 0.850. The van der Waals surface area contributed by atoms with Crippen LogP contribution in [0.15, 0.2) is 34.9 Å². The summed E-state index contributed by atoms with van der Waals surface area (Å²) in [4.78, 5) is 12.2. The molecule has 0 aliphatic heterocycles. The van der Waals surface area contributed by atoms with Gasteiger partial charge >= 0.3 is 0 Å². The first-order chi connectivity index (χ1) is 8.76. The summed E-state index contributed by atoms with van der Waals surface area (Å²) in [7, 11) is 0. The molecule has 1 heterocycles. The molecule has 96 valence electrons. The number of hydrogen-bond acceptors (Lipinski definition) is 3. The second-order valence-corrected chi connectivity index (χ2v) is 4.30. The summed E-state index contributed by atoms with van der Waals surface area (Å²) in [5.41, 5.74) is 6.84. The summed E-state index contributed by atoms with van der Waals surface area (Å²) in [6.45, 7) is 2.61. The molecule has 1 aromatic carbocycles. The maximum Gasteiger partial charge on any atom is 0.255 e. The van der Waals surface area contributed by atoms with Crippen LogP contribution in [0.25, 0.3) is 11.0 Å². The number of hydrogen-bond donors (Lipinski definition) is 2. The number of carbonyl (C=O) groups excluding carboxylic acids is 1. The van der Waals surface area contributed by atoms with Gasteiger partial charge in [0, 0.05) is 11.4 Å². The Labute approximate surface area is 106 Å². The van der Waals surface area contributed by atoms with Gasteiger partial charge < -0.3 is 15.5 Å². The third kappa shape index (κ3) is 2.54. The van der Waals surface area contributed by atoms with Crippen LogP contribution in [-0.4, -0.2) is 18.5 Å². The van der Waals surface area contributed by atoms with Crippen molar-refractivity contribution in [1.29, 1.82) is 0 Å². The molecule has 1 atom stereocenters. The number of furan rings is 1. The van der Waals surface area contributed by atoms with E-state index in [1.807, 2.05) is 31.2 Å². The lowest BCUT2D eigenvalue weighted by Gasteiger charge is -2.15. The summed E-state index contributed by atoms with van der Waals surface area (Å²) >= 11 is 0. The fourth-order valence-corrected chi connectivity index (χ4v) is 2.00. The van der Waals surface area contributed by atoms with Crippen LogP contribution < -0.4 is 11.1 Å². The Balaban J connectivity index is 2.18. The summed E-state index contributed by atoms with van der Waals surface area (Å²) < 4.78 is 5.36. The minimum Gasteiger partial charge on any atom is -0.463 e. The second kappa shape index (κ2) is 5.69. The van der Waals surface area contributed by atoms with Crippen LogP contribution in [0.3, 0.4) is 0 Å². The maximum absolute atomic E-state index is 12.2. The lowest BCUT2D eigenvalue weighted by molar-refractivity contribution is 0.0935. The van der Waals surface area contributed by atoms with E-state index in [1.165, 1.54) is 6.26 Å². The smallest absolute Gasteiger partial charge is 0.255 e. The topological polar surface area (TPSA) is 68.3 Å². The molecule has 3 N–H and O–H groups in total. The summed E-state index contributed by atoms with van der Waals surface area (Å²) in [6, 6.07) is 7.64. The van der Waals surface area contributed by atoms with Crippen molar-refractivity contribution >= 4 is 16.9 Å². The van der Waals surface area contributed by atoms with E-state index in [-0.39, 0.29) is 11.9 Å². The zero-order valence-electron chi connectivity index (χ0n) is 10.5. The van der Waals surface area contributed by atoms with Crippen molar-refractivity contribution in [2.75, 3.05) is 6.54 Å². The molecule has 2 rings (SSSR count).